The molecule has 0 heterocycles. The van der Waals surface area contributed by atoms with Crippen LogP contribution < -0.4 is 5.32 Å². The van der Waals surface area contributed by atoms with Crippen molar-refractivity contribution >= 4 is 5.91 Å². The fourth-order valence-electron chi connectivity index (χ4n) is 4.01. The monoisotopic (exact) mass is 427 g/mol. The zero-order chi connectivity index (χ0) is 23.2. The van der Waals surface area contributed by atoms with E-state index in [0.29, 0.717) is 6.42 Å². The molecule has 0 radical (unpaired) electrons. The number of carbonyl (C=O) groups is 1. The lowest BCUT2D eigenvalue weighted by molar-refractivity contribution is -0.121. The van der Waals surface area contributed by atoms with E-state index in [4.69, 9.17) is 0 Å². The van der Waals surface area contributed by atoms with Crippen LogP contribution in [0.2, 0.25) is 0 Å². The van der Waals surface area contributed by atoms with Crippen LogP contribution in [-0.4, -0.2) is 12.5 Å². The average Bonchev–Trinajstić information content (AvgIpc) is 3.26. The molecule has 1 N–H and O–H groups in total. The molecular weight excluding hydrogens is 378 g/mol. The van der Waals surface area contributed by atoms with Crippen LogP contribution in [0.1, 0.15) is 98.0 Å². The first-order valence-corrected chi connectivity index (χ1v) is 12.9. The summed E-state index contributed by atoms with van der Waals surface area (Å²) in [4.78, 5) is 11.4. The Kier molecular flexibility index (Phi) is 20.1. The molecule has 0 aliphatic heterocycles. The first-order chi connectivity index (χ1) is 15.3. The van der Waals surface area contributed by atoms with E-state index in [1.807, 2.05) is 34.6 Å². The van der Waals surface area contributed by atoms with Gasteiger partial charge in [-0.2, -0.15) is 0 Å². The van der Waals surface area contributed by atoms with Crippen LogP contribution in [-0.2, 0) is 11.2 Å². The summed E-state index contributed by atoms with van der Waals surface area (Å²) in [7, 11) is 0. The Hall–Kier alpha value is -1.83. The van der Waals surface area contributed by atoms with E-state index < -0.39 is 0 Å². The summed E-state index contributed by atoms with van der Waals surface area (Å²) in [5.74, 6) is 1.76. The van der Waals surface area contributed by atoms with Crippen molar-refractivity contribution in [1.82, 2.24) is 5.32 Å². The highest BCUT2D eigenvalue weighted by atomic mass is 16.1. The molecule has 176 valence electrons. The largest absolute Gasteiger partial charge is 0.356 e. The van der Waals surface area contributed by atoms with E-state index in [9.17, 15) is 4.79 Å². The van der Waals surface area contributed by atoms with Gasteiger partial charge in [0.05, 0.1) is 0 Å². The van der Waals surface area contributed by atoms with E-state index in [-0.39, 0.29) is 5.91 Å². The molecule has 1 aromatic carbocycles. The van der Waals surface area contributed by atoms with Crippen LogP contribution in [0.15, 0.2) is 54.6 Å². The van der Waals surface area contributed by atoms with Gasteiger partial charge in [0, 0.05) is 13.0 Å². The zero-order valence-corrected chi connectivity index (χ0v) is 21.0. The Balaban J connectivity index is 0.00000212. The van der Waals surface area contributed by atoms with Gasteiger partial charge in [0.25, 0.3) is 0 Å². The summed E-state index contributed by atoms with van der Waals surface area (Å²) in [5.41, 5.74) is 1.45. The zero-order valence-electron chi connectivity index (χ0n) is 21.0. The molecule has 2 heteroatoms. The minimum Gasteiger partial charge on any atom is -0.356 e. The SMILES string of the molecule is CC.CC.CCNC(=O)CCC/C=C\C[C@H]1CCCC1/C=C/CCCc1ccccc1. The number of aryl methyl sites for hydroxylation is 1. The number of carbonyl (C=O) groups excluding carboxylic acids is 1. The Morgan fingerprint density at radius 1 is 0.968 bits per heavy atom. The Bertz CT molecular complexity index is 576. The molecule has 1 fully saturated rings. The number of benzene rings is 1. The van der Waals surface area contributed by atoms with Gasteiger partial charge in [-0.05, 0) is 75.7 Å². The first kappa shape index (κ1) is 29.2. The maximum absolute atomic E-state index is 11.4. The highest BCUT2D eigenvalue weighted by molar-refractivity contribution is 5.75. The normalized spacial score (nSPS) is 17.7. The molecular formula is C29H49NO. The highest BCUT2D eigenvalue weighted by Gasteiger charge is 2.23. The van der Waals surface area contributed by atoms with Gasteiger partial charge in [-0.25, -0.2) is 0 Å². The predicted octanol–water partition coefficient (Wildman–Crippen LogP) is 8.29. The number of hydrogen-bond donors (Lipinski definition) is 1. The number of rotatable bonds is 12. The second-order valence-electron chi connectivity index (χ2n) is 7.71. The van der Waals surface area contributed by atoms with E-state index in [1.165, 1.54) is 50.5 Å². The fourth-order valence-corrected chi connectivity index (χ4v) is 4.01. The minimum absolute atomic E-state index is 0.180. The molecule has 0 saturated heterocycles. The maximum Gasteiger partial charge on any atom is 0.219 e. The summed E-state index contributed by atoms with van der Waals surface area (Å²) >= 11 is 0. The summed E-state index contributed by atoms with van der Waals surface area (Å²) in [6.45, 7) is 10.7. The molecule has 0 aromatic heterocycles. The molecule has 2 atom stereocenters. The van der Waals surface area contributed by atoms with Crippen molar-refractivity contribution in [2.24, 2.45) is 11.8 Å². The lowest BCUT2D eigenvalue weighted by Crippen LogP contribution is -2.21. The van der Waals surface area contributed by atoms with Gasteiger partial charge >= 0.3 is 0 Å². The summed E-state index contributed by atoms with van der Waals surface area (Å²) in [6.07, 6.45) is 21.0. The van der Waals surface area contributed by atoms with E-state index in [0.717, 1.165) is 31.2 Å². The van der Waals surface area contributed by atoms with Crippen molar-refractivity contribution in [2.45, 2.75) is 98.8 Å². The molecule has 1 aliphatic carbocycles. The standard InChI is InChI=1S/C25H37NO.2C2H6/c1-2-26-25(27)21-12-4-3-10-17-23-19-13-20-24(23)18-11-6-9-16-22-14-7-5-8-15-22;2*1-2/h3,5,7-8,10-11,14-15,18,23-24H,2,4,6,9,12-13,16-17,19-21H2,1H3,(H,26,27);2*1-2H3/b10-3-,18-11+;;/t23-,24?;;/m0../s1. The van der Waals surface area contributed by atoms with Gasteiger partial charge in [-0.3, -0.25) is 4.79 Å². The maximum atomic E-state index is 11.4. The second kappa shape index (κ2) is 21.4. The van der Waals surface area contributed by atoms with Crippen LogP contribution >= 0.6 is 0 Å². The molecule has 31 heavy (non-hydrogen) atoms. The summed E-state index contributed by atoms with van der Waals surface area (Å²) < 4.78 is 0. The Morgan fingerprint density at radius 2 is 1.68 bits per heavy atom. The summed E-state index contributed by atoms with van der Waals surface area (Å²) in [6, 6.07) is 10.8. The van der Waals surface area contributed by atoms with Gasteiger partial charge in [0.2, 0.25) is 5.91 Å². The van der Waals surface area contributed by atoms with E-state index in [1.54, 1.807) is 0 Å². The van der Waals surface area contributed by atoms with Gasteiger partial charge < -0.3 is 5.32 Å². The van der Waals surface area contributed by atoms with Crippen LogP contribution in [0.4, 0.5) is 0 Å². The quantitative estimate of drug-likeness (QED) is 0.264. The number of nitrogens with one attached hydrogen (secondary N) is 1. The van der Waals surface area contributed by atoms with Crippen LogP contribution in [0.25, 0.3) is 0 Å². The molecule has 1 unspecified atom stereocenters. The van der Waals surface area contributed by atoms with Crippen molar-refractivity contribution in [3.63, 3.8) is 0 Å². The third-order valence-corrected chi connectivity index (χ3v) is 5.53. The molecule has 0 spiro atoms. The molecule has 1 amide bonds. The average molecular weight is 428 g/mol. The van der Waals surface area contributed by atoms with E-state index in [2.05, 4.69) is 60.0 Å². The molecule has 2 rings (SSSR count). The molecule has 2 nitrogen and oxygen atoms in total. The van der Waals surface area contributed by atoms with Gasteiger partial charge in [-0.15, -0.1) is 0 Å². The third kappa shape index (κ3) is 14.7. The topological polar surface area (TPSA) is 29.1 Å². The van der Waals surface area contributed by atoms with Crippen LogP contribution in [0, 0.1) is 11.8 Å². The van der Waals surface area contributed by atoms with Crippen molar-refractivity contribution in [3.05, 3.63) is 60.2 Å². The molecule has 1 aliphatic rings. The minimum atomic E-state index is 0.180. The van der Waals surface area contributed by atoms with Crippen LogP contribution in [0.3, 0.4) is 0 Å². The fraction of sp³-hybridized carbons (Fsp3) is 0.621. The number of allylic oxidation sites excluding steroid dienone is 4. The number of amides is 1. The van der Waals surface area contributed by atoms with E-state index >= 15 is 0 Å². The molecule has 0 bridgehead atoms. The van der Waals surface area contributed by atoms with Gasteiger partial charge in [-0.1, -0.05) is 88.8 Å². The second-order valence-corrected chi connectivity index (χ2v) is 7.71. The van der Waals surface area contributed by atoms with Gasteiger partial charge in [0.1, 0.15) is 0 Å². The predicted molar refractivity (Wildman–Crippen MR) is 138 cm³/mol. The Morgan fingerprint density at radius 3 is 2.39 bits per heavy atom. The lowest BCUT2D eigenvalue weighted by atomic mass is 9.92. The molecule has 1 saturated carbocycles. The highest BCUT2D eigenvalue weighted by Crippen LogP contribution is 2.35. The van der Waals surface area contributed by atoms with Crippen molar-refractivity contribution < 1.29 is 4.79 Å². The smallest absolute Gasteiger partial charge is 0.219 e. The lowest BCUT2D eigenvalue weighted by Gasteiger charge is -2.14. The van der Waals surface area contributed by atoms with Crippen molar-refractivity contribution in [2.75, 3.05) is 6.54 Å². The van der Waals surface area contributed by atoms with Crippen LogP contribution in [0.5, 0.6) is 0 Å². The first-order valence-electron chi connectivity index (χ1n) is 12.9. The van der Waals surface area contributed by atoms with Crippen molar-refractivity contribution in [3.8, 4) is 0 Å². The van der Waals surface area contributed by atoms with Gasteiger partial charge in [0.15, 0.2) is 0 Å². The third-order valence-electron chi connectivity index (χ3n) is 5.53. The molecule has 1 aromatic rings. The number of unbranched alkanes of at least 4 members (excludes halogenated alkanes) is 2. The summed E-state index contributed by atoms with van der Waals surface area (Å²) in [5, 5.41) is 2.85. The van der Waals surface area contributed by atoms with Crippen molar-refractivity contribution in [1.29, 1.82) is 0 Å². The Labute approximate surface area is 193 Å². The number of hydrogen-bond acceptors (Lipinski definition) is 1.